The van der Waals surface area contributed by atoms with Gasteiger partial charge in [0.05, 0.1) is 16.8 Å². The van der Waals surface area contributed by atoms with E-state index in [1.807, 2.05) is 0 Å². The molecule has 0 fully saturated rings. The van der Waals surface area contributed by atoms with Gasteiger partial charge in [-0.1, -0.05) is 43.5 Å². The largest absolute Gasteiger partial charge is 0.421 e. The molecule has 1 N–H and O–H groups in total. The fourth-order valence-electron chi connectivity index (χ4n) is 3.30. The fraction of sp³-hybridized carbons (Fsp3) is 0.333. The van der Waals surface area contributed by atoms with Gasteiger partial charge in [0, 0.05) is 18.5 Å². The van der Waals surface area contributed by atoms with Crippen molar-refractivity contribution in [1.29, 1.82) is 0 Å². The van der Waals surface area contributed by atoms with Crippen molar-refractivity contribution < 1.29 is 8.81 Å². The molecular formula is C21H21Cl2FN6O. The summed E-state index contributed by atoms with van der Waals surface area (Å²) in [6, 6.07) is 4.24. The predicted octanol–water partition coefficient (Wildman–Crippen LogP) is 6.05. The fourth-order valence-corrected chi connectivity index (χ4v) is 3.83. The van der Waals surface area contributed by atoms with Crippen molar-refractivity contribution in [2.24, 2.45) is 5.92 Å². The third-order valence-electron chi connectivity index (χ3n) is 5.42. The summed E-state index contributed by atoms with van der Waals surface area (Å²) >= 11 is 13.0. The van der Waals surface area contributed by atoms with Gasteiger partial charge in [0.25, 0.3) is 5.89 Å². The van der Waals surface area contributed by atoms with Crippen molar-refractivity contribution in [2.75, 3.05) is 5.32 Å². The molecule has 0 bridgehead atoms. The van der Waals surface area contributed by atoms with Gasteiger partial charge in [-0.2, -0.15) is 9.61 Å². The minimum atomic E-state index is -0.436. The maximum Gasteiger partial charge on any atom is 0.253 e. The average molecular weight is 463 g/mol. The van der Waals surface area contributed by atoms with Crippen LogP contribution in [0.2, 0.25) is 10.2 Å². The summed E-state index contributed by atoms with van der Waals surface area (Å²) in [7, 11) is 0. The lowest BCUT2D eigenvalue weighted by Gasteiger charge is -2.24. The molecule has 31 heavy (non-hydrogen) atoms. The van der Waals surface area contributed by atoms with E-state index < -0.39 is 5.82 Å². The number of aryl methyl sites for hydroxylation is 1. The Balaban J connectivity index is 1.98. The van der Waals surface area contributed by atoms with E-state index in [1.54, 1.807) is 23.7 Å². The molecule has 3 aromatic heterocycles. The number of nitrogens with zero attached hydrogens (tertiary/aromatic N) is 5. The van der Waals surface area contributed by atoms with E-state index in [9.17, 15) is 4.39 Å². The zero-order chi connectivity index (χ0) is 22.3. The molecule has 0 aliphatic rings. The third-order valence-corrected chi connectivity index (χ3v) is 6.01. The van der Waals surface area contributed by atoms with E-state index in [2.05, 4.69) is 46.4 Å². The Morgan fingerprint density at radius 2 is 1.97 bits per heavy atom. The molecule has 0 aliphatic heterocycles. The number of benzene rings is 1. The van der Waals surface area contributed by atoms with Crippen molar-refractivity contribution in [3.63, 3.8) is 0 Å². The molecule has 1 aromatic carbocycles. The second-order valence-electron chi connectivity index (χ2n) is 7.49. The summed E-state index contributed by atoms with van der Waals surface area (Å²) in [5.41, 5.74) is 2.09. The Hall–Kier alpha value is -2.71. The Morgan fingerprint density at radius 3 is 2.61 bits per heavy atom. The van der Waals surface area contributed by atoms with Gasteiger partial charge in [-0.25, -0.2) is 9.37 Å². The quantitative estimate of drug-likeness (QED) is 0.351. The standard InChI is InChI=1S/C21H21Cl2FN6O/c1-5-10(2)11(3)26-20-17(14-7-6-13(24)8-16(14)22)18(23)27-19-15(9-25-30(19)20)21-29-28-12(4)31-21/h6-11,26H,5H2,1-4H3. The van der Waals surface area contributed by atoms with Crippen LogP contribution < -0.4 is 5.32 Å². The van der Waals surface area contributed by atoms with Crippen LogP contribution in [0.4, 0.5) is 10.2 Å². The second-order valence-corrected chi connectivity index (χ2v) is 8.25. The zero-order valence-electron chi connectivity index (χ0n) is 17.4. The molecular weight excluding hydrogens is 442 g/mol. The van der Waals surface area contributed by atoms with Crippen LogP contribution in [-0.4, -0.2) is 30.8 Å². The van der Waals surface area contributed by atoms with Gasteiger partial charge >= 0.3 is 0 Å². The molecule has 0 aliphatic carbocycles. The first-order valence-corrected chi connectivity index (χ1v) is 10.6. The zero-order valence-corrected chi connectivity index (χ0v) is 19.0. The van der Waals surface area contributed by atoms with Crippen molar-refractivity contribution >= 4 is 34.7 Å². The molecule has 162 valence electrons. The van der Waals surface area contributed by atoms with Crippen LogP contribution >= 0.6 is 23.2 Å². The van der Waals surface area contributed by atoms with Gasteiger partial charge in [0.15, 0.2) is 5.65 Å². The number of nitrogens with one attached hydrogen (secondary N) is 1. The predicted molar refractivity (Wildman–Crippen MR) is 119 cm³/mol. The maximum absolute atomic E-state index is 13.7. The molecule has 7 nitrogen and oxygen atoms in total. The van der Waals surface area contributed by atoms with Gasteiger partial charge in [-0.05, 0) is 31.0 Å². The normalized spacial score (nSPS) is 13.5. The molecule has 0 saturated carbocycles. The molecule has 0 spiro atoms. The van der Waals surface area contributed by atoms with Crippen molar-refractivity contribution in [1.82, 2.24) is 24.8 Å². The SMILES string of the molecule is CCC(C)C(C)Nc1c(-c2ccc(F)cc2Cl)c(Cl)nc2c(-c3nnc(C)o3)cnn12. The Bertz CT molecular complexity index is 1250. The Kier molecular flexibility index (Phi) is 5.85. The molecule has 0 amide bonds. The Morgan fingerprint density at radius 1 is 1.19 bits per heavy atom. The molecule has 3 heterocycles. The van der Waals surface area contributed by atoms with E-state index in [4.69, 9.17) is 27.6 Å². The summed E-state index contributed by atoms with van der Waals surface area (Å²) in [5.74, 6) is 1.25. The van der Waals surface area contributed by atoms with Crippen LogP contribution in [0.3, 0.4) is 0 Å². The van der Waals surface area contributed by atoms with Crippen LogP contribution in [0, 0.1) is 18.7 Å². The molecule has 10 heteroatoms. The van der Waals surface area contributed by atoms with Gasteiger partial charge in [-0.15, -0.1) is 10.2 Å². The maximum atomic E-state index is 13.7. The summed E-state index contributed by atoms with van der Waals surface area (Å²) in [4.78, 5) is 4.54. The van der Waals surface area contributed by atoms with Crippen molar-refractivity contribution in [3.05, 3.63) is 46.3 Å². The number of aromatic nitrogens is 5. The molecule has 2 unspecified atom stereocenters. The highest BCUT2D eigenvalue weighted by atomic mass is 35.5. The Labute approximate surface area is 188 Å². The topological polar surface area (TPSA) is 81.1 Å². The summed E-state index contributed by atoms with van der Waals surface area (Å²) in [6.45, 7) is 8.06. The van der Waals surface area contributed by atoms with Gasteiger partial charge in [-0.3, -0.25) is 0 Å². The lowest BCUT2D eigenvalue weighted by molar-refractivity contribution is 0.492. The van der Waals surface area contributed by atoms with Crippen LogP contribution in [0.15, 0.2) is 28.8 Å². The summed E-state index contributed by atoms with van der Waals surface area (Å²) < 4.78 is 20.9. The van der Waals surface area contributed by atoms with Gasteiger partial charge in [0.1, 0.15) is 22.4 Å². The minimum absolute atomic E-state index is 0.0861. The number of anilines is 1. The van der Waals surface area contributed by atoms with E-state index in [0.717, 1.165) is 6.42 Å². The summed E-state index contributed by atoms with van der Waals surface area (Å²) in [6.07, 6.45) is 2.58. The highest BCUT2D eigenvalue weighted by Crippen LogP contribution is 2.40. The van der Waals surface area contributed by atoms with E-state index in [-0.39, 0.29) is 16.2 Å². The first kappa shape index (κ1) is 21.5. The number of hydrogen-bond donors (Lipinski definition) is 1. The number of rotatable bonds is 6. The number of hydrogen-bond acceptors (Lipinski definition) is 6. The van der Waals surface area contributed by atoms with Crippen molar-refractivity contribution in [2.45, 2.75) is 40.2 Å². The first-order valence-electron chi connectivity index (χ1n) is 9.89. The van der Waals surface area contributed by atoms with E-state index in [1.165, 1.54) is 12.1 Å². The highest BCUT2D eigenvalue weighted by Gasteiger charge is 2.25. The lowest BCUT2D eigenvalue weighted by atomic mass is 10.00. The van der Waals surface area contributed by atoms with Gasteiger partial charge < -0.3 is 9.73 Å². The van der Waals surface area contributed by atoms with E-state index >= 15 is 0 Å². The van der Waals surface area contributed by atoms with Crippen molar-refractivity contribution in [3.8, 4) is 22.6 Å². The summed E-state index contributed by atoms with van der Waals surface area (Å²) in [5, 5.41) is 16.4. The van der Waals surface area contributed by atoms with Crippen LogP contribution in [0.5, 0.6) is 0 Å². The molecule has 2 atom stereocenters. The average Bonchev–Trinajstić information content (AvgIpc) is 3.34. The molecule has 4 rings (SSSR count). The number of halogens is 3. The van der Waals surface area contributed by atoms with Crippen LogP contribution in [0.25, 0.3) is 28.2 Å². The lowest BCUT2D eigenvalue weighted by Crippen LogP contribution is -2.25. The first-order chi connectivity index (χ1) is 14.8. The molecule has 4 aromatic rings. The third kappa shape index (κ3) is 3.97. The number of fused-ring (bicyclic) bond motifs is 1. The van der Waals surface area contributed by atoms with E-state index in [0.29, 0.717) is 45.9 Å². The van der Waals surface area contributed by atoms with Crippen LogP contribution in [0.1, 0.15) is 33.1 Å². The highest BCUT2D eigenvalue weighted by molar-refractivity contribution is 6.36. The van der Waals surface area contributed by atoms with Gasteiger partial charge in [0.2, 0.25) is 5.89 Å². The smallest absolute Gasteiger partial charge is 0.253 e. The van der Waals surface area contributed by atoms with Crippen LogP contribution in [-0.2, 0) is 0 Å². The second kappa shape index (κ2) is 8.43. The minimum Gasteiger partial charge on any atom is -0.421 e. The molecule has 0 saturated heterocycles. The monoisotopic (exact) mass is 462 g/mol. The molecule has 0 radical (unpaired) electrons.